The Labute approximate surface area is 246 Å². The zero-order valence-corrected chi connectivity index (χ0v) is 24.6. The minimum absolute atomic E-state index is 0.00916. The Morgan fingerprint density at radius 3 is 2.38 bits per heavy atom. The third-order valence-corrected chi connectivity index (χ3v) is 7.22. The first-order valence-corrected chi connectivity index (χ1v) is 14.5. The number of ether oxygens (including phenoxy) is 4. The van der Waals surface area contributed by atoms with Gasteiger partial charge in [-0.1, -0.05) is 44.5 Å². The summed E-state index contributed by atoms with van der Waals surface area (Å²) in [6.45, 7) is 5.47. The lowest BCUT2D eigenvalue weighted by Gasteiger charge is -2.32. The number of amides is 1. The molecule has 232 valence electrons. The van der Waals surface area contributed by atoms with E-state index in [0.717, 1.165) is 30.9 Å². The lowest BCUT2D eigenvalue weighted by Crippen LogP contribution is -2.52. The van der Waals surface area contributed by atoms with E-state index in [2.05, 4.69) is 23.6 Å². The van der Waals surface area contributed by atoms with Crippen molar-refractivity contribution in [1.82, 2.24) is 10.6 Å². The maximum Gasteiger partial charge on any atom is 0.407 e. The van der Waals surface area contributed by atoms with E-state index < -0.39 is 47.7 Å². The van der Waals surface area contributed by atoms with Gasteiger partial charge in [-0.15, -0.1) is 0 Å². The second kappa shape index (κ2) is 16.5. The number of alkyl carbamates (subject to hydrolysis) is 1. The molecule has 11 heteroatoms. The number of hydrogen-bond acceptors (Lipinski definition) is 8. The summed E-state index contributed by atoms with van der Waals surface area (Å²) in [5, 5.41) is 5.82. The molecule has 2 aromatic carbocycles. The molecule has 1 fully saturated rings. The van der Waals surface area contributed by atoms with E-state index in [1.807, 2.05) is 25.1 Å². The maximum absolute atomic E-state index is 13.9. The van der Waals surface area contributed by atoms with Gasteiger partial charge in [-0.05, 0) is 48.1 Å². The first kappa shape index (κ1) is 33.4. The molecule has 1 saturated heterocycles. The monoisotopic (exact) mass is 591 g/mol. The van der Waals surface area contributed by atoms with Gasteiger partial charge in [0.15, 0.2) is 5.79 Å². The van der Waals surface area contributed by atoms with E-state index in [1.54, 1.807) is 0 Å². The van der Waals surface area contributed by atoms with Gasteiger partial charge >= 0.3 is 12.1 Å². The topological polar surface area (TPSA) is 121 Å². The number of rotatable bonds is 16. The normalized spacial score (nSPS) is 16.4. The van der Waals surface area contributed by atoms with Crippen molar-refractivity contribution in [1.29, 1.82) is 0 Å². The molecule has 9 nitrogen and oxygen atoms in total. The van der Waals surface area contributed by atoms with Gasteiger partial charge < -0.3 is 35.3 Å². The van der Waals surface area contributed by atoms with Crippen LogP contribution >= 0.6 is 0 Å². The van der Waals surface area contributed by atoms with Gasteiger partial charge in [-0.3, -0.25) is 0 Å². The fraction of sp³-hybridized carbons (Fsp3) is 0.548. The zero-order chi connectivity index (χ0) is 30.5. The van der Waals surface area contributed by atoms with Gasteiger partial charge in [0.1, 0.15) is 23.8 Å². The zero-order valence-electron chi connectivity index (χ0n) is 24.6. The maximum atomic E-state index is 13.9. The number of hydrogen-bond donors (Lipinski definition) is 3. The predicted octanol–water partition coefficient (Wildman–Crippen LogP) is 4.15. The number of benzene rings is 2. The fourth-order valence-electron chi connectivity index (χ4n) is 4.98. The van der Waals surface area contributed by atoms with Gasteiger partial charge in [0, 0.05) is 38.0 Å². The molecule has 3 rings (SSSR count). The number of nitrogens with one attached hydrogen (secondary N) is 2. The average molecular weight is 592 g/mol. The number of aryl methyl sites for hydroxylation is 1. The van der Waals surface area contributed by atoms with Gasteiger partial charge in [0.05, 0.1) is 20.3 Å². The van der Waals surface area contributed by atoms with Gasteiger partial charge in [-0.2, -0.15) is 0 Å². The van der Waals surface area contributed by atoms with Crippen molar-refractivity contribution < 1.29 is 37.3 Å². The number of halogens is 2. The van der Waals surface area contributed by atoms with Crippen molar-refractivity contribution in [3.63, 3.8) is 0 Å². The Hall–Kier alpha value is -3.12. The van der Waals surface area contributed by atoms with Crippen LogP contribution in [0.2, 0.25) is 0 Å². The van der Waals surface area contributed by atoms with Gasteiger partial charge in [0.25, 0.3) is 0 Å². The second-order valence-electron chi connectivity index (χ2n) is 10.5. The third-order valence-electron chi connectivity index (χ3n) is 7.22. The first-order chi connectivity index (χ1) is 20.2. The molecule has 2 aromatic rings. The number of esters is 1. The molecule has 42 heavy (non-hydrogen) atoms. The Morgan fingerprint density at radius 2 is 1.74 bits per heavy atom. The Balaban J connectivity index is 1.79. The molecule has 1 amide bonds. The van der Waals surface area contributed by atoms with E-state index in [1.165, 1.54) is 24.8 Å². The number of methoxy groups -OCH3 is 1. The molecule has 1 aliphatic rings. The van der Waals surface area contributed by atoms with E-state index in [9.17, 15) is 18.4 Å². The van der Waals surface area contributed by atoms with Crippen molar-refractivity contribution in [3.05, 3.63) is 70.8 Å². The summed E-state index contributed by atoms with van der Waals surface area (Å²) in [6.07, 6.45) is 1.44. The van der Waals surface area contributed by atoms with Crippen molar-refractivity contribution in [2.75, 3.05) is 26.9 Å². The molecule has 1 aliphatic heterocycles. The smallest absolute Gasteiger partial charge is 0.407 e. The quantitative estimate of drug-likeness (QED) is 0.249. The first-order valence-electron chi connectivity index (χ1n) is 14.5. The molecule has 0 bridgehead atoms. The second-order valence-corrected chi connectivity index (χ2v) is 10.5. The van der Waals surface area contributed by atoms with Crippen LogP contribution in [0.5, 0.6) is 0 Å². The van der Waals surface area contributed by atoms with Crippen LogP contribution < -0.4 is 16.4 Å². The Bertz CT molecular complexity index is 1140. The molecule has 0 aromatic heterocycles. The highest BCUT2D eigenvalue weighted by Gasteiger charge is 2.42. The molecular weight excluding hydrogens is 548 g/mol. The molecule has 0 unspecified atom stereocenters. The lowest BCUT2D eigenvalue weighted by molar-refractivity contribution is -0.181. The van der Waals surface area contributed by atoms with Gasteiger partial charge in [0.2, 0.25) is 0 Å². The van der Waals surface area contributed by atoms with Crippen LogP contribution in [0.15, 0.2) is 42.5 Å². The Kier molecular flexibility index (Phi) is 13.1. The average Bonchev–Trinajstić information content (AvgIpc) is 3.43. The summed E-state index contributed by atoms with van der Waals surface area (Å²) in [4.78, 5) is 25.8. The van der Waals surface area contributed by atoms with E-state index in [4.69, 9.17) is 24.7 Å². The number of carbonyl (C=O) groups is 2. The number of unbranched alkanes of at least 4 members (excludes halogenated alkanes) is 1. The number of nitrogens with two attached hydrogens (primary N) is 1. The Morgan fingerprint density at radius 1 is 1.05 bits per heavy atom. The SMILES string of the molecule is CCCCC1(C[C@@H](NC(=O)OC)C(=O)O[C@H](CNCc2cccc(CC)c2)[C@@H](N)Cc2cc(F)cc(F)c2)OCCO1. The molecule has 0 spiro atoms. The summed E-state index contributed by atoms with van der Waals surface area (Å²) in [5.41, 5.74) is 9.04. The minimum atomic E-state index is -1.16. The molecule has 0 aliphatic carbocycles. The van der Waals surface area contributed by atoms with Crippen LogP contribution in [0.3, 0.4) is 0 Å². The van der Waals surface area contributed by atoms with Crippen molar-refractivity contribution in [2.45, 2.75) is 82.9 Å². The predicted molar refractivity (Wildman–Crippen MR) is 154 cm³/mol. The van der Waals surface area contributed by atoms with Crippen molar-refractivity contribution >= 4 is 12.1 Å². The molecule has 0 saturated carbocycles. The summed E-state index contributed by atoms with van der Waals surface area (Å²) in [6, 6.07) is 9.27. The van der Waals surface area contributed by atoms with E-state index in [-0.39, 0.29) is 19.4 Å². The molecule has 3 atom stereocenters. The van der Waals surface area contributed by atoms with E-state index >= 15 is 0 Å². The number of carbonyl (C=O) groups excluding carboxylic acids is 2. The fourth-order valence-corrected chi connectivity index (χ4v) is 4.98. The summed E-state index contributed by atoms with van der Waals surface area (Å²) in [5.74, 6) is -3.26. The molecule has 0 radical (unpaired) electrons. The lowest BCUT2D eigenvalue weighted by atomic mass is 9.99. The third kappa shape index (κ3) is 10.3. The van der Waals surface area contributed by atoms with Crippen LogP contribution in [-0.4, -0.2) is 62.9 Å². The standard InChI is InChI=1S/C31H43F2N3O6/c1-4-6-10-31(40-11-12-41-31)18-27(36-30(38)39-3)29(37)42-28(20-35-19-22-9-7-8-21(5-2)13-22)26(34)16-23-14-24(32)17-25(33)15-23/h7-9,13-15,17,26-28,35H,4-6,10-12,16,18-20,34H2,1-3H3,(H,36,38)/t26-,27+,28+/m0/s1. The van der Waals surface area contributed by atoms with Gasteiger partial charge in [-0.25, -0.2) is 18.4 Å². The summed E-state index contributed by atoms with van der Waals surface area (Å²) in [7, 11) is 1.20. The van der Waals surface area contributed by atoms with Crippen molar-refractivity contribution in [2.24, 2.45) is 5.73 Å². The minimum Gasteiger partial charge on any atom is -0.458 e. The van der Waals surface area contributed by atoms with Crippen LogP contribution in [0, 0.1) is 11.6 Å². The summed E-state index contributed by atoms with van der Waals surface area (Å²) >= 11 is 0. The van der Waals surface area contributed by atoms with Crippen LogP contribution in [-0.2, 0) is 43.1 Å². The van der Waals surface area contributed by atoms with Crippen molar-refractivity contribution in [3.8, 4) is 0 Å². The molecular formula is C31H43F2N3O6. The van der Waals surface area contributed by atoms with Crippen LogP contribution in [0.4, 0.5) is 13.6 Å². The van der Waals surface area contributed by atoms with Crippen LogP contribution in [0.1, 0.15) is 56.2 Å². The highest BCUT2D eigenvalue weighted by molar-refractivity contribution is 5.81. The molecule has 4 N–H and O–H groups in total. The highest BCUT2D eigenvalue weighted by atomic mass is 19.1. The van der Waals surface area contributed by atoms with Crippen LogP contribution in [0.25, 0.3) is 0 Å². The van der Waals surface area contributed by atoms with E-state index in [0.29, 0.717) is 31.7 Å². The summed E-state index contributed by atoms with van der Waals surface area (Å²) < 4.78 is 50.2. The highest BCUT2D eigenvalue weighted by Crippen LogP contribution is 2.31. The molecule has 1 heterocycles. The largest absolute Gasteiger partial charge is 0.458 e.